The quantitative estimate of drug-likeness (QED) is 0.802. The number of aldehydes is 1. The van der Waals surface area contributed by atoms with Crippen LogP contribution in [0.25, 0.3) is 0 Å². The molecule has 1 saturated heterocycles. The van der Waals surface area contributed by atoms with E-state index >= 15 is 0 Å². The molecule has 98 valence electrons. The molecule has 0 N–H and O–H groups in total. The van der Waals surface area contributed by atoms with Gasteiger partial charge in [0.2, 0.25) is 0 Å². The van der Waals surface area contributed by atoms with Gasteiger partial charge in [0.05, 0.1) is 0 Å². The molecular weight excluding hydrogens is 292 g/mol. The summed E-state index contributed by atoms with van der Waals surface area (Å²) in [5.41, 5.74) is 1.82. The normalized spacial score (nSPS) is 21.1. The van der Waals surface area contributed by atoms with Crippen molar-refractivity contribution in [3.63, 3.8) is 0 Å². The summed E-state index contributed by atoms with van der Waals surface area (Å²) in [4.78, 5) is 15.9. The highest BCUT2D eigenvalue weighted by Gasteiger charge is 2.24. The van der Waals surface area contributed by atoms with Crippen molar-refractivity contribution in [2.45, 2.75) is 19.4 Å². The molecule has 2 rings (SSSR count). The number of carbonyl (C=O) groups excluding carboxylic acids is 1. The molecule has 1 aromatic rings. The SMILES string of the molecule is CCC1CN(c2cc(Br)ccc2C=O)CCN1C. The van der Waals surface area contributed by atoms with Gasteiger partial charge in [-0.1, -0.05) is 22.9 Å². The first kappa shape index (κ1) is 13.6. The molecule has 0 aliphatic carbocycles. The lowest BCUT2D eigenvalue weighted by Crippen LogP contribution is -2.51. The first-order chi connectivity index (χ1) is 8.65. The van der Waals surface area contributed by atoms with Gasteiger partial charge in [0.15, 0.2) is 6.29 Å². The number of carbonyl (C=O) groups is 1. The van der Waals surface area contributed by atoms with Crippen LogP contribution in [-0.4, -0.2) is 43.9 Å². The zero-order valence-electron chi connectivity index (χ0n) is 10.9. The third-order valence-corrected chi connectivity index (χ3v) is 4.20. The van der Waals surface area contributed by atoms with Crippen molar-refractivity contribution >= 4 is 27.9 Å². The minimum Gasteiger partial charge on any atom is -0.368 e. The molecular formula is C14H19BrN2O. The van der Waals surface area contributed by atoms with Crippen molar-refractivity contribution in [1.82, 2.24) is 4.90 Å². The second kappa shape index (κ2) is 5.85. The minimum absolute atomic E-state index is 0.567. The van der Waals surface area contributed by atoms with Gasteiger partial charge < -0.3 is 4.90 Å². The van der Waals surface area contributed by atoms with Crippen LogP contribution < -0.4 is 4.90 Å². The van der Waals surface area contributed by atoms with E-state index < -0.39 is 0 Å². The van der Waals surface area contributed by atoms with Crippen molar-refractivity contribution in [3.8, 4) is 0 Å². The van der Waals surface area contributed by atoms with Crippen LogP contribution in [0.4, 0.5) is 5.69 Å². The Morgan fingerprint density at radius 2 is 2.22 bits per heavy atom. The number of anilines is 1. The van der Waals surface area contributed by atoms with Crippen LogP contribution in [0.5, 0.6) is 0 Å². The molecule has 18 heavy (non-hydrogen) atoms. The summed E-state index contributed by atoms with van der Waals surface area (Å²) in [5, 5.41) is 0. The molecule has 0 saturated carbocycles. The average Bonchev–Trinajstić information content (AvgIpc) is 2.39. The molecule has 3 nitrogen and oxygen atoms in total. The van der Waals surface area contributed by atoms with Gasteiger partial charge in [0.25, 0.3) is 0 Å². The third kappa shape index (κ3) is 2.75. The second-order valence-corrected chi connectivity index (χ2v) is 5.73. The number of hydrogen-bond donors (Lipinski definition) is 0. The molecule has 1 fully saturated rings. The van der Waals surface area contributed by atoms with E-state index in [0.29, 0.717) is 6.04 Å². The van der Waals surface area contributed by atoms with Crippen LogP contribution >= 0.6 is 15.9 Å². The zero-order valence-corrected chi connectivity index (χ0v) is 12.5. The molecule has 1 aromatic carbocycles. The fourth-order valence-electron chi connectivity index (χ4n) is 2.50. The number of nitrogens with zero attached hydrogens (tertiary/aromatic N) is 2. The summed E-state index contributed by atoms with van der Waals surface area (Å²) in [6.45, 7) is 5.23. The van der Waals surface area contributed by atoms with Crippen LogP contribution in [0.15, 0.2) is 22.7 Å². The molecule has 1 unspecified atom stereocenters. The van der Waals surface area contributed by atoms with Crippen LogP contribution in [0.1, 0.15) is 23.7 Å². The van der Waals surface area contributed by atoms with E-state index in [2.05, 4.69) is 39.7 Å². The van der Waals surface area contributed by atoms with Crippen LogP contribution in [0.3, 0.4) is 0 Å². The topological polar surface area (TPSA) is 23.6 Å². The lowest BCUT2D eigenvalue weighted by molar-refractivity contribution is 0.112. The van der Waals surface area contributed by atoms with Gasteiger partial charge in [-0.15, -0.1) is 0 Å². The molecule has 1 aliphatic heterocycles. The summed E-state index contributed by atoms with van der Waals surface area (Å²) in [6, 6.07) is 6.41. The largest absolute Gasteiger partial charge is 0.368 e. The van der Waals surface area contributed by atoms with Crippen molar-refractivity contribution in [2.24, 2.45) is 0 Å². The zero-order chi connectivity index (χ0) is 13.1. The van der Waals surface area contributed by atoms with E-state index in [1.54, 1.807) is 0 Å². The Morgan fingerprint density at radius 1 is 1.44 bits per heavy atom. The van der Waals surface area contributed by atoms with Crippen molar-refractivity contribution in [1.29, 1.82) is 0 Å². The number of piperazine rings is 1. The second-order valence-electron chi connectivity index (χ2n) is 4.81. The minimum atomic E-state index is 0.567. The fourth-order valence-corrected chi connectivity index (χ4v) is 2.85. The Labute approximate surface area is 117 Å². The summed E-state index contributed by atoms with van der Waals surface area (Å²) >= 11 is 3.48. The van der Waals surface area contributed by atoms with Gasteiger partial charge in [0.1, 0.15) is 0 Å². The maximum absolute atomic E-state index is 11.1. The van der Waals surface area contributed by atoms with E-state index in [1.807, 2.05) is 18.2 Å². The van der Waals surface area contributed by atoms with Gasteiger partial charge in [-0.2, -0.15) is 0 Å². The van der Waals surface area contributed by atoms with Gasteiger partial charge in [-0.05, 0) is 31.7 Å². The predicted molar refractivity (Wildman–Crippen MR) is 78.5 cm³/mol. The van der Waals surface area contributed by atoms with Crippen LogP contribution in [0, 0.1) is 0 Å². The summed E-state index contributed by atoms with van der Waals surface area (Å²) < 4.78 is 1.02. The standard InChI is InChI=1S/C14H19BrN2O/c1-3-13-9-17(7-6-16(13)2)14-8-12(15)5-4-11(14)10-18/h4-5,8,10,13H,3,6-7,9H2,1-2H3. The lowest BCUT2D eigenvalue weighted by Gasteiger charge is -2.40. The van der Waals surface area contributed by atoms with Crippen molar-refractivity contribution < 1.29 is 4.79 Å². The van der Waals surface area contributed by atoms with Crippen LogP contribution in [-0.2, 0) is 0 Å². The Bertz CT molecular complexity index is 436. The number of hydrogen-bond acceptors (Lipinski definition) is 3. The maximum atomic E-state index is 11.1. The first-order valence-electron chi connectivity index (χ1n) is 6.35. The van der Waals surface area contributed by atoms with Crippen LogP contribution in [0.2, 0.25) is 0 Å². The van der Waals surface area contributed by atoms with Crippen molar-refractivity contribution in [3.05, 3.63) is 28.2 Å². The predicted octanol–water partition coefficient (Wildman–Crippen LogP) is 2.79. The number of halogens is 1. The summed E-state index contributed by atoms with van der Waals surface area (Å²) in [7, 11) is 2.17. The van der Waals surface area contributed by atoms with E-state index in [0.717, 1.165) is 48.1 Å². The van der Waals surface area contributed by atoms with E-state index in [-0.39, 0.29) is 0 Å². The number of rotatable bonds is 3. The maximum Gasteiger partial charge on any atom is 0.152 e. The number of benzene rings is 1. The fraction of sp³-hybridized carbons (Fsp3) is 0.500. The van der Waals surface area contributed by atoms with Gasteiger partial charge in [0, 0.05) is 41.4 Å². The highest BCUT2D eigenvalue weighted by atomic mass is 79.9. The Kier molecular flexibility index (Phi) is 4.40. The smallest absolute Gasteiger partial charge is 0.152 e. The molecule has 1 atom stereocenters. The summed E-state index contributed by atoms with van der Waals surface area (Å²) in [6.07, 6.45) is 2.08. The Hall–Kier alpha value is -0.870. The molecule has 0 bridgehead atoms. The third-order valence-electron chi connectivity index (χ3n) is 3.71. The molecule has 0 amide bonds. The van der Waals surface area contributed by atoms with Crippen molar-refractivity contribution in [2.75, 3.05) is 31.6 Å². The lowest BCUT2D eigenvalue weighted by atomic mass is 10.1. The first-order valence-corrected chi connectivity index (χ1v) is 7.15. The average molecular weight is 311 g/mol. The molecule has 0 radical (unpaired) electrons. The molecule has 1 aliphatic rings. The molecule has 0 aromatic heterocycles. The molecule has 0 spiro atoms. The molecule has 1 heterocycles. The highest BCUT2D eigenvalue weighted by molar-refractivity contribution is 9.10. The monoisotopic (exact) mass is 310 g/mol. The van der Waals surface area contributed by atoms with E-state index in [4.69, 9.17) is 0 Å². The Morgan fingerprint density at radius 3 is 2.89 bits per heavy atom. The van der Waals surface area contributed by atoms with Gasteiger partial charge in [-0.25, -0.2) is 0 Å². The number of likely N-dealkylation sites (N-methyl/N-ethyl adjacent to an activating group) is 1. The van der Waals surface area contributed by atoms with E-state index in [9.17, 15) is 4.79 Å². The summed E-state index contributed by atoms with van der Waals surface area (Å²) in [5.74, 6) is 0. The Balaban J connectivity index is 2.26. The highest BCUT2D eigenvalue weighted by Crippen LogP contribution is 2.26. The van der Waals surface area contributed by atoms with Gasteiger partial charge >= 0.3 is 0 Å². The molecule has 4 heteroatoms. The van der Waals surface area contributed by atoms with Gasteiger partial charge in [-0.3, -0.25) is 9.69 Å². The van der Waals surface area contributed by atoms with E-state index in [1.165, 1.54) is 0 Å².